The summed E-state index contributed by atoms with van der Waals surface area (Å²) in [6, 6.07) is 7.74. The van der Waals surface area contributed by atoms with Crippen LogP contribution in [0.25, 0.3) is 11.4 Å². The number of amides is 2. The van der Waals surface area contributed by atoms with Gasteiger partial charge in [-0.05, 0) is 37.3 Å². The van der Waals surface area contributed by atoms with E-state index in [1.165, 1.54) is 25.2 Å². The maximum atomic E-state index is 12.4. The van der Waals surface area contributed by atoms with Gasteiger partial charge in [-0.1, -0.05) is 5.16 Å². The summed E-state index contributed by atoms with van der Waals surface area (Å²) in [7, 11) is 1.39. The highest BCUT2D eigenvalue weighted by atomic mass is 16.6. The van der Waals surface area contributed by atoms with Crippen molar-refractivity contribution in [3.8, 4) is 11.4 Å². The van der Waals surface area contributed by atoms with Gasteiger partial charge in [0.2, 0.25) is 5.82 Å². The van der Waals surface area contributed by atoms with Gasteiger partial charge >= 0.3 is 5.97 Å². The summed E-state index contributed by atoms with van der Waals surface area (Å²) < 4.78 is 10.5. The Kier molecular flexibility index (Phi) is 4.19. The van der Waals surface area contributed by atoms with E-state index in [0.29, 0.717) is 11.4 Å². The number of imide groups is 1. The summed E-state index contributed by atoms with van der Waals surface area (Å²) in [5.41, 5.74) is 1.25. The first-order chi connectivity index (χ1) is 13.5. The molecule has 1 aliphatic rings. The normalized spacial score (nSPS) is 14.1. The molecule has 0 aliphatic carbocycles. The smallest absolute Gasteiger partial charge is 0.338 e. The van der Waals surface area contributed by atoms with E-state index in [4.69, 9.17) is 9.26 Å². The van der Waals surface area contributed by atoms with Gasteiger partial charge in [-0.2, -0.15) is 4.98 Å². The summed E-state index contributed by atoms with van der Waals surface area (Å²) in [5, 5.41) is 3.86. The molecule has 9 nitrogen and oxygen atoms in total. The number of hydrogen-bond donors (Lipinski definition) is 0. The van der Waals surface area contributed by atoms with Crippen LogP contribution < -0.4 is 0 Å². The molecular formula is C19H14N4O5. The van der Waals surface area contributed by atoms with E-state index in [2.05, 4.69) is 15.1 Å². The number of nitrogens with zero attached hydrogens (tertiary/aromatic N) is 4. The van der Waals surface area contributed by atoms with Crippen molar-refractivity contribution in [3.63, 3.8) is 0 Å². The largest absolute Gasteiger partial charge is 0.449 e. The summed E-state index contributed by atoms with van der Waals surface area (Å²) in [5.74, 6) is -1.08. The fourth-order valence-corrected chi connectivity index (χ4v) is 2.78. The van der Waals surface area contributed by atoms with Crippen molar-refractivity contribution in [2.75, 3.05) is 7.05 Å². The van der Waals surface area contributed by atoms with Gasteiger partial charge in [-0.15, -0.1) is 0 Å². The number of esters is 1. The van der Waals surface area contributed by atoms with E-state index in [1.807, 2.05) is 0 Å². The van der Waals surface area contributed by atoms with Gasteiger partial charge in [0.15, 0.2) is 6.10 Å². The van der Waals surface area contributed by atoms with Gasteiger partial charge in [-0.3, -0.25) is 19.5 Å². The van der Waals surface area contributed by atoms with Gasteiger partial charge in [0.25, 0.3) is 17.7 Å². The zero-order valence-electron chi connectivity index (χ0n) is 14.9. The molecule has 2 amide bonds. The Morgan fingerprint density at radius 3 is 2.71 bits per heavy atom. The number of fused-ring (bicyclic) bond motifs is 1. The lowest BCUT2D eigenvalue weighted by Gasteiger charge is -2.09. The first-order valence-corrected chi connectivity index (χ1v) is 8.37. The third-order valence-electron chi connectivity index (χ3n) is 4.32. The molecule has 0 radical (unpaired) electrons. The number of aromatic nitrogens is 3. The predicted molar refractivity (Wildman–Crippen MR) is 94.2 cm³/mol. The average Bonchev–Trinajstić information content (AvgIpc) is 3.29. The van der Waals surface area contributed by atoms with Crippen LogP contribution in [0.5, 0.6) is 0 Å². The zero-order valence-corrected chi connectivity index (χ0v) is 14.9. The van der Waals surface area contributed by atoms with Crippen molar-refractivity contribution < 1.29 is 23.6 Å². The van der Waals surface area contributed by atoms with Crippen molar-refractivity contribution >= 4 is 17.8 Å². The molecule has 0 fully saturated rings. The number of ether oxygens (including phenoxy) is 1. The van der Waals surface area contributed by atoms with Gasteiger partial charge in [0.1, 0.15) is 0 Å². The lowest BCUT2D eigenvalue weighted by atomic mass is 10.1. The first kappa shape index (κ1) is 17.5. The van der Waals surface area contributed by atoms with Crippen LogP contribution in [0.15, 0.2) is 47.2 Å². The highest BCUT2D eigenvalue weighted by molar-refractivity contribution is 6.21. The molecule has 1 aliphatic heterocycles. The van der Waals surface area contributed by atoms with Crippen LogP contribution in [0, 0.1) is 0 Å². The molecule has 140 valence electrons. The Hall–Kier alpha value is -3.88. The molecule has 0 saturated heterocycles. The molecule has 9 heteroatoms. The summed E-state index contributed by atoms with van der Waals surface area (Å²) in [4.78, 5) is 45.7. The maximum Gasteiger partial charge on any atom is 0.338 e. The van der Waals surface area contributed by atoms with Crippen LogP contribution in [0.4, 0.5) is 0 Å². The third-order valence-corrected chi connectivity index (χ3v) is 4.32. The Morgan fingerprint density at radius 1 is 1.18 bits per heavy atom. The van der Waals surface area contributed by atoms with Crippen LogP contribution >= 0.6 is 0 Å². The van der Waals surface area contributed by atoms with Gasteiger partial charge < -0.3 is 9.26 Å². The lowest BCUT2D eigenvalue weighted by molar-refractivity contribution is 0.0265. The average molecular weight is 378 g/mol. The fraction of sp³-hybridized carbons (Fsp3) is 0.158. The Labute approximate surface area is 158 Å². The summed E-state index contributed by atoms with van der Waals surface area (Å²) in [6.45, 7) is 1.59. The van der Waals surface area contributed by atoms with Gasteiger partial charge in [0, 0.05) is 25.0 Å². The van der Waals surface area contributed by atoms with Crippen LogP contribution in [0.3, 0.4) is 0 Å². The maximum absolute atomic E-state index is 12.4. The molecule has 1 atom stereocenters. The lowest BCUT2D eigenvalue weighted by Crippen LogP contribution is -2.24. The minimum Gasteiger partial charge on any atom is -0.449 e. The van der Waals surface area contributed by atoms with Crippen LogP contribution in [0.1, 0.15) is 50.0 Å². The van der Waals surface area contributed by atoms with Crippen molar-refractivity contribution in [3.05, 3.63) is 65.3 Å². The number of benzene rings is 1. The molecule has 3 aromatic rings. The summed E-state index contributed by atoms with van der Waals surface area (Å²) in [6.07, 6.45) is 2.41. The van der Waals surface area contributed by atoms with Crippen LogP contribution in [-0.2, 0) is 4.74 Å². The Balaban J connectivity index is 1.51. The van der Waals surface area contributed by atoms with E-state index in [-0.39, 0.29) is 22.6 Å². The van der Waals surface area contributed by atoms with Crippen LogP contribution in [0.2, 0.25) is 0 Å². The molecular weight excluding hydrogens is 364 g/mol. The van der Waals surface area contributed by atoms with Gasteiger partial charge in [0.05, 0.1) is 16.7 Å². The van der Waals surface area contributed by atoms with Crippen molar-refractivity contribution in [2.24, 2.45) is 0 Å². The molecule has 1 unspecified atom stereocenters. The van der Waals surface area contributed by atoms with E-state index >= 15 is 0 Å². The zero-order chi connectivity index (χ0) is 19.8. The number of rotatable bonds is 4. The fourth-order valence-electron chi connectivity index (χ4n) is 2.78. The van der Waals surface area contributed by atoms with E-state index in [9.17, 15) is 14.4 Å². The SMILES string of the molecule is CC(OC(=O)c1ccc2c(c1)C(=O)N(C)C2=O)c1nc(-c2cccnc2)no1. The van der Waals surface area contributed by atoms with E-state index in [0.717, 1.165) is 4.90 Å². The molecule has 0 saturated carbocycles. The second-order valence-electron chi connectivity index (χ2n) is 6.18. The number of carbonyl (C=O) groups is 3. The monoisotopic (exact) mass is 378 g/mol. The van der Waals surface area contributed by atoms with E-state index in [1.54, 1.807) is 31.5 Å². The topological polar surface area (TPSA) is 115 Å². The molecule has 28 heavy (non-hydrogen) atoms. The number of carbonyl (C=O) groups excluding carboxylic acids is 3. The Bertz CT molecular complexity index is 1090. The van der Waals surface area contributed by atoms with E-state index < -0.39 is 23.9 Å². The molecule has 4 rings (SSSR count). The second-order valence-corrected chi connectivity index (χ2v) is 6.18. The van der Waals surface area contributed by atoms with Crippen molar-refractivity contribution in [1.29, 1.82) is 0 Å². The third kappa shape index (κ3) is 2.92. The minimum absolute atomic E-state index is 0.124. The molecule has 0 N–H and O–H groups in total. The predicted octanol–water partition coefficient (Wildman–Crippen LogP) is 2.28. The second kappa shape index (κ2) is 6.69. The van der Waals surface area contributed by atoms with Crippen LogP contribution in [-0.4, -0.2) is 44.9 Å². The Morgan fingerprint density at radius 2 is 1.96 bits per heavy atom. The molecule has 2 aromatic heterocycles. The standard InChI is InChI=1S/C19H14N4O5/c1-10(16-21-15(22-28-16)12-4-3-7-20-9-12)27-19(26)11-5-6-13-14(8-11)18(25)23(2)17(13)24/h3-10H,1-2H3. The first-order valence-electron chi connectivity index (χ1n) is 8.37. The highest BCUT2D eigenvalue weighted by Crippen LogP contribution is 2.25. The molecule has 0 bridgehead atoms. The molecule has 0 spiro atoms. The molecule has 3 heterocycles. The summed E-state index contributed by atoms with van der Waals surface area (Å²) >= 11 is 0. The number of hydrogen-bond acceptors (Lipinski definition) is 8. The number of pyridine rings is 1. The highest BCUT2D eigenvalue weighted by Gasteiger charge is 2.33. The minimum atomic E-state index is -0.807. The quantitative estimate of drug-likeness (QED) is 0.501. The van der Waals surface area contributed by atoms with Crippen molar-refractivity contribution in [2.45, 2.75) is 13.0 Å². The van der Waals surface area contributed by atoms with Crippen molar-refractivity contribution in [1.82, 2.24) is 20.0 Å². The molecule has 1 aromatic carbocycles. The van der Waals surface area contributed by atoms with Gasteiger partial charge in [-0.25, -0.2) is 4.79 Å².